The van der Waals surface area contributed by atoms with Crippen molar-refractivity contribution in [1.82, 2.24) is 5.32 Å². The van der Waals surface area contributed by atoms with E-state index in [0.717, 1.165) is 29.7 Å². The Labute approximate surface area is 176 Å². The van der Waals surface area contributed by atoms with E-state index in [1.165, 1.54) is 11.6 Å². The van der Waals surface area contributed by atoms with Crippen LogP contribution in [-0.2, 0) is 31.9 Å². The van der Waals surface area contributed by atoms with E-state index in [-0.39, 0.29) is 17.4 Å². The van der Waals surface area contributed by atoms with Gasteiger partial charge in [-0.3, -0.25) is 4.79 Å². The highest BCUT2D eigenvalue weighted by molar-refractivity contribution is 7.87. The second-order valence-corrected chi connectivity index (χ2v) is 8.97. The zero-order valence-electron chi connectivity index (χ0n) is 16.7. The number of nitrogens with one attached hydrogen (secondary N) is 1. The standard InChI is InChI=1S/C24H23NO4S/c1-17-11-12-20(30(27,28)29-23(26)15-18-7-3-2-4-8-18)16-22(17)24-21-10-6-5-9-19(21)13-14-25-24/h2-12,16,24-25H,13-15H2,1H3/t24-/m1/s1. The van der Waals surface area contributed by atoms with Crippen LogP contribution in [0.5, 0.6) is 0 Å². The molecule has 0 fully saturated rings. The number of rotatable bonds is 5. The summed E-state index contributed by atoms with van der Waals surface area (Å²) in [7, 11) is -4.21. The first-order valence-electron chi connectivity index (χ1n) is 9.87. The highest BCUT2D eigenvalue weighted by atomic mass is 32.2. The van der Waals surface area contributed by atoms with E-state index >= 15 is 0 Å². The molecule has 0 saturated heterocycles. The average molecular weight is 422 g/mol. The van der Waals surface area contributed by atoms with Gasteiger partial charge in [0.2, 0.25) is 0 Å². The third kappa shape index (κ3) is 4.30. The van der Waals surface area contributed by atoms with Gasteiger partial charge in [-0.15, -0.1) is 0 Å². The summed E-state index contributed by atoms with van der Waals surface area (Å²) in [6.45, 7) is 2.76. The fourth-order valence-corrected chi connectivity index (χ4v) is 4.74. The van der Waals surface area contributed by atoms with Crippen molar-refractivity contribution in [3.8, 4) is 0 Å². The Morgan fingerprint density at radius 3 is 2.53 bits per heavy atom. The molecule has 1 heterocycles. The molecule has 0 amide bonds. The molecule has 0 aromatic heterocycles. The number of fused-ring (bicyclic) bond motifs is 1. The summed E-state index contributed by atoms with van der Waals surface area (Å²) in [6.07, 6.45) is 0.831. The van der Waals surface area contributed by atoms with Crippen LogP contribution >= 0.6 is 0 Å². The predicted octanol–water partition coefficient (Wildman–Crippen LogP) is 3.70. The highest BCUT2D eigenvalue weighted by Gasteiger charge is 2.26. The molecule has 1 N–H and O–H groups in total. The van der Waals surface area contributed by atoms with Crippen LogP contribution in [0.2, 0.25) is 0 Å². The maximum atomic E-state index is 12.8. The minimum absolute atomic E-state index is 0.0191. The minimum Gasteiger partial charge on any atom is -0.342 e. The molecule has 0 unspecified atom stereocenters. The van der Waals surface area contributed by atoms with Gasteiger partial charge in [0.25, 0.3) is 0 Å². The second-order valence-electron chi connectivity index (χ2n) is 7.43. The van der Waals surface area contributed by atoms with E-state index in [9.17, 15) is 13.2 Å². The monoisotopic (exact) mass is 421 g/mol. The summed E-state index contributed by atoms with van der Waals surface area (Å²) in [5.74, 6) is -0.801. The molecule has 0 aliphatic carbocycles. The molecule has 0 spiro atoms. The van der Waals surface area contributed by atoms with E-state index < -0.39 is 16.1 Å². The van der Waals surface area contributed by atoms with Gasteiger partial charge < -0.3 is 9.50 Å². The van der Waals surface area contributed by atoms with Gasteiger partial charge in [0.05, 0.1) is 12.5 Å². The topological polar surface area (TPSA) is 72.5 Å². The lowest BCUT2D eigenvalue weighted by Gasteiger charge is -2.28. The summed E-state index contributed by atoms with van der Waals surface area (Å²) in [4.78, 5) is 12.2. The van der Waals surface area contributed by atoms with Crippen LogP contribution in [0.4, 0.5) is 0 Å². The maximum absolute atomic E-state index is 12.8. The minimum atomic E-state index is -4.21. The smallest absolute Gasteiger partial charge is 0.341 e. The zero-order chi connectivity index (χ0) is 21.1. The Morgan fingerprint density at radius 2 is 1.73 bits per heavy atom. The second kappa shape index (κ2) is 8.42. The molecule has 3 aromatic carbocycles. The number of benzene rings is 3. The van der Waals surface area contributed by atoms with Gasteiger partial charge in [0, 0.05) is 6.54 Å². The van der Waals surface area contributed by atoms with Crippen LogP contribution in [0.15, 0.2) is 77.7 Å². The van der Waals surface area contributed by atoms with Crippen LogP contribution in [0, 0.1) is 6.92 Å². The largest absolute Gasteiger partial charge is 0.342 e. The lowest BCUT2D eigenvalue weighted by Crippen LogP contribution is -2.31. The summed E-state index contributed by atoms with van der Waals surface area (Å²) >= 11 is 0. The van der Waals surface area contributed by atoms with Crippen molar-refractivity contribution in [2.24, 2.45) is 0 Å². The number of hydrogen-bond acceptors (Lipinski definition) is 5. The fourth-order valence-electron chi connectivity index (χ4n) is 3.83. The molecule has 5 nitrogen and oxygen atoms in total. The van der Waals surface area contributed by atoms with Crippen molar-refractivity contribution in [1.29, 1.82) is 0 Å². The Balaban J connectivity index is 1.61. The molecule has 30 heavy (non-hydrogen) atoms. The Kier molecular flexibility index (Phi) is 5.70. The van der Waals surface area contributed by atoms with E-state index in [1.54, 1.807) is 36.4 Å². The van der Waals surface area contributed by atoms with Crippen molar-refractivity contribution in [2.75, 3.05) is 6.54 Å². The number of aryl methyl sites for hydroxylation is 1. The number of carbonyl (C=O) groups excluding carboxylic acids is 1. The average Bonchev–Trinajstić information content (AvgIpc) is 2.74. The Hall–Kier alpha value is -2.96. The van der Waals surface area contributed by atoms with E-state index in [4.69, 9.17) is 4.18 Å². The van der Waals surface area contributed by atoms with Crippen LogP contribution < -0.4 is 5.32 Å². The highest BCUT2D eigenvalue weighted by Crippen LogP contribution is 2.32. The Bertz CT molecular complexity index is 1170. The molecule has 154 valence electrons. The first-order valence-corrected chi connectivity index (χ1v) is 11.3. The summed E-state index contributed by atoms with van der Waals surface area (Å²) in [5.41, 5.74) is 4.93. The lowest BCUT2D eigenvalue weighted by atomic mass is 9.88. The van der Waals surface area contributed by atoms with Crippen molar-refractivity contribution >= 4 is 16.1 Å². The fraction of sp³-hybridized carbons (Fsp3) is 0.208. The van der Waals surface area contributed by atoms with Gasteiger partial charge in [0.1, 0.15) is 4.90 Å². The molecule has 1 aliphatic rings. The molecule has 3 aromatic rings. The van der Waals surface area contributed by atoms with E-state index in [1.807, 2.05) is 25.1 Å². The van der Waals surface area contributed by atoms with Crippen molar-refractivity contribution < 1.29 is 17.4 Å². The van der Waals surface area contributed by atoms with Crippen LogP contribution in [0.25, 0.3) is 0 Å². The molecule has 1 atom stereocenters. The van der Waals surface area contributed by atoms with Crippen molar-refractivity contribution in [3.63, 3.8) is 0 Å². The van der Waals surface area contributed by atoms with Gasteiger partial charge >= 0.3 is 16.1 Å². The van der Waals surface area contributed by atoms with Gasteiger partial charge in [-0.25, -0.2) is 0 Å². The molecular formula is C24H23NO4S. The van der Waals surface area contributed by atoms with Crippen molar-refractivity contribution in [3.05, 3.63) is 101 Å². The van der Waals surface area contributed by atoms with E-state index in [0.29, 0.717) is 5.56 Å². The first-order chi connectivity index (χ1) is 14.4. The van der Waals surface area contributed by atoms with Gasteiger partial charge in [-0.05, 0) is 53.3 Å². The molecule has 6 heteroatoms. The normalized spacial score (nSPS) is 16.0. The maximum Gasteiger partial charge on any atom is 0.341 e. The predicted molar refractivity (Wildman–Crippen MR) is 115 cm³/mol. The summed E-state index contributed by atoms with van der Waals surface area (Å²) in [5, 5.41) is 3.48. The molecule has 1 aliphatic heterocycles. The van der Waals surface area contributed by atoms with Crippen LogP contribution in [0.3, 0.4) is 0 Å². The zero-order valence-corrected chi connectivity index (χ0v) is 17.5. The summed E-state index contributed by atoms with van der Waals surface area (Å²) in [6, 6.07) is 21.8. The molecule has 0 saturated carbocycles. The van der Waals surface area contributed by atoms with E-state index in [2.05, 4.69) is 17.4 Å². The summed E-state index contributed by atoms with van der Waals surface area (Å²) < 4.78 is 30.4. The van der Waals surface area contributed by atoms with Gasteiger partial charge in [0.15, 0.2) is 0 Å². The van der Waals surface area contributed by atoms with Gasteiger partial charge in [-0.2, -0.15) is 8.42 Å². The quantitative estimate of drug-likeness (QED) is 0.636. The molecule has 0 radical (unpaired) electrons. The molecule has 4 rings (SSSR count). The third-order valence-electron chi connectivity index (χ3n) is 5.35. The van der Waals surface area contributed by atoms with Gasteiger partial charge in [-0.1, -0.05) is 60.7 Å². The SMILES string of the molecule is Cc1ccc(S(=O)(=O)OC(=O)Cc2ccccc2)cc1[C@@H]1NCCc2ccccc21. The molecular weight excluding hydrogens is 398 g/mol. The van der Waals surface area contributed by atoms with Crippen molar-refractivity contribution in [2.45, 2.75) is 30.7 Å². The number of hydrogen-bond donors (Lipinski definition) is 1. The molecule has 0 bridgehead atoms. The number of carbonyl (C=O) groups is 1. The van der Waals surface area contributed by atoms with Crippen LogP contribution in [-0.4, -0.2) is 20.9 Å². The van der Waals surface area contributed by atoms with Crippen LogP contribution in [0.1, 0.15) is 33.9 Å². The first kappa shape index (κ1) is 20.3. The Morgan fingerprint density at radius 1 is 1.00 bits per heavy atom. The third-order valence-corrected chi connectivity index (χ3v) is 6.59. The lowest BCUT2D eigenvalue weighted by molar-refractivity contribution is -0.133.